The molecule has 1 fully saturated rings. The van der Waals surface area contributed by atoms with E-state index in [4.69, 9.17) is 16.0 Å². The van der Waals surface area contributed by atoms with Crippen LogP contribution in [0.15, 0.2) is 28.9 Å². The fourth-order valence-corrected chi connectivity index (χ4v) is 2.85. The third-order valence-electron chi connectivity index (χ3n) is 3.90. The Morgan fingerprint density at radius 2 is 2.25 bits per heavy atom. The number of furan rings is 1. The number of hydrogen-bond acceptors (Lipinski definition) is 4. The van der Waals surface area contributed by atoms with Gasteiger partial charge in [0.1, 0.15) is 5.54 Å². The average molecular weight is 294 g/mol. The largest absolute Gasteiger partial charge is 0.480 e. The Morgan fingerprint density at radius 1 is 1.50 bits per heavy atom. The number of carbonyl (C=O) groups is 2. The van der Waals surface area contributed by atoms with Gasteiger partial charge in [-0.3, -0.25) is 9.59 Å². The van der Waals surface area contributed by atoms with E-state index < -0.39 is 17.4 Å². The van der Waals surface area contributed by atoms with Crippen LogP contribution in [0.2, 0.25) is 5.02 Å². The van der Waals surface area contributed by atoms with Crippen molar-refractivity contribution in [3.05, 3.63) is 35.0 Å². The maximum atomic E-state index is 12.4. The van der Waals surface area contributed by atoms with Crippen LogP contribution in [0.25, 0.3) is 11.0 Å². The van der Waals surface area contributed by atoms with Gasteiger partial charge in [0, 0.05) is 10.9 Å². The monoisotopic (exact) mass is 293 g/mol. The van der Waals surface area contributed by atoms with Crippen LogP contribution in [0.1, 0.15) is 16.8 Å². The van der Waals surface area contributed by atoms with Gasteiger partial charge in [0.05, 0.1) is 17.2 Å². The van der Waals surface area contributed by atoms with E-state index in [1.807, 2.05) is 0 Å². The highest BCUT2D eigenvalue weighted by atomic mass is 35.5. The zero-order chi connectivity index (χ0) is 14.5. The second-order valence-corrected chi connectivity index (χ2v) is 5.35. The fourth-order valence-electron chi connectivity index (χ4n) is 2.58. The first kappa shape index (κ1) is 13.1. The molecule has 20 heavy (non-hydrogen) atoms. The molecule has 0 aliphatic heterocycles. The molecule has 1 aromatic carbocycles. The number of hydrogen-bond donors (Lipinski definition) is 2. The molecular formula is C14H12ClNO4. The van der Waals surface area contributed by atoms with E-state index >= 15 is 0 Å². The number of aliphatic carboxylic acids is 1. The molecule has 2 atom stereocenters. The maximum absolute atomic E-state index is 12.4. The van der Waals surface area contributed by atoms with Crippen molar-refractivity contribution in [2.45, 2.75) is 12.0 Å². The standard InChI is InChI=1S/C14H12ClNO4/c1-16-14(13(18)19)6-9(14)11(17)8-4-7-2-3-20-12(7)10(15)5-8/h2-5,9,16H,6H2,1H3,(H,18,19). The third kappa shape index (κ3) is 1.74. The summed E-state index contributed by atoms with van der Waals surface area (Å²) in [5, 5.41) is 13.0. The van der Waals surface area contributed by atoms with E-state index in [0.717, 1.165) is 5.39 Å². The number of Topliss-reactive ketones (excluding diaryl/α,β-unsaturated/α-hetero) is 1. The van der Waals surface area contributed by atoms with E-state index in [2.05, 4.69) is 5.32 Å². The maximum Gasteiger partial charge on any atom is 0.324 e. The lowest BCUT2D eigenvalue weighted by molar-refractivity contribution is -0.140. The zero-order valence-electron chi connectivity index (χ0n) is 10.6. The second kappa shape index (κ2) is 4.33. The molecule has 3 rings (SSSR count). The van der Waals surface area contributed by atoms with Crippen LogP contribution in [0.3, 0.4) is 0 Å². The predicted molar refractivity (Wildman–Crippen MR) is 73.1 cm³/mol. The van der Waals surface area contributed by atoms with Crippen LogP contribution in [0.4, 0.5) is 0 Å². The van der Waals surface area contributed by atoms with E-state index in [9.17, 15) is 14.7 Å². The molecule has 1 aromatic heterocycles. The Bertz CT molecular complexity index is 723. The molecule has 1 heterocycles. The van der Waals surface area contributed by atoms with Gasteiger partial charge in [0.15, 0.2) is 11.4 Å². The Kier molecular flexibility index (Phi) is 2.84. The number of carboxylic acids is 1. The van der Waals surface area contributed by atoms with Gasteiger partial charge in [-0.2, -0.15) is 0 Å². The molecule has 0 spiro atoms. The minimum absolute atomic E-state index is 0.216. The van der Waals surface area contributed by atoms with Crippen LogP contribution < -0.4 is 5.32 Å². The molecule has 6 heteroatoms. The summed E-state index contributed by atoms with van der Waals surface area (Å²) in [6.45, 7) is 0. The lowest BCUT2D eigenvalue weighted by Crippen LogP contribution is -2.40. The number of halogens is 1. The average Bonchev–Trinajstić information content (AvgIpc) is 2.99. The van der Waals surface area contributed by atoms with Gasteiger partial charge in [-0.05, 0) is 31.7 Å². The van der Waals surface area contributed by atoms with Crippen LogP contribution in [0.5, 0.6) is 0 Å². The number of carbonyl (C=O) groups excluding carboxylic acids is 1. The van der Waals surface area contributed by atoms with Crippen molar-refractivity contribution in [3.63, 3.8) is 0 Å². The lowest BCUT2D eigenvalue weighted by Gasteiger charge is -2.10. The molecule has 0 saturated heterocycles. The molecule has 2 aromatic rings. The summed E-state index contributed by atoms with van der Waals surface area (Å²) < 4.78 is 5.21. The van der Waals surface area contributed by atoms with E-state index in [-0.39, 0.29) is 5.78 Å². The van der Waals surface area contributed by atoms with Crippen molar-refractivity contribution in [3.8, 4) is 0 Å². The number of nitrogens with one attached hydrogen (secondary N) is 1. The lowest BCUT2D eigenvalue weighted by atomic mass is 10.0. The highest BCUT2D eigenvalue weighted by Gasteiger charge is 2.63. The molecule has 1 aliphatic rings. The van der Waals surface area contributed by atoms with Gasteiger partial charge >= 0.3 is 5.97 Å². The quantitative estimate of drug-likeness (QED) is 0.846. The first-order valence-electron chi connectivity index (χ1n) is 6.13. The normalized spacial score (nSPS) is 24.8. The van der Waals surface area contributed by atoms with Gasteiger partial charge < -0.3 is 14.8 Å². The van der Waals surface area contributed by atoms with Crippen LogP contribution in [0, 0.1) is 5.92 Å². The molecular weight excluding hydrogens is 282 g/mol. The first-order chi connectivity index (χ1) is 9.49. The summed E-state index contributed by atoms with van der Waals surface area (Å²) in [7, 11) is 1.55. The number of likely N-dealkylation sites (N-methyl/N-ethyl adjacent to an activating group) is 1. The summed E-state index contributed by atoms with van der Waals surface area (Å²) >= 11 is 6.06. The summed E-state index contributed by atoms with van der Waals surface area (Å²) in [6.07, 6.45) is 1.79. The third-order valence-corrected chi connectivity index (χ3v) is 4.18. The molecule has 104 valence electrons. The summed E-state index contributed by atoms with van der Waals surface area (Å²) in [5.74, 6) is -1.79. The molecule has 1 aliphatic carbocycles. The highest BCUT2D eigenvalue weighted by molar-refractivity contribution is 6.35. The van der Waals surface area contributed by atoms with Crippen molar-refractivity contribution < 1.29 is 19.1 Å². The van der Waals surface area contributed by atoms with Crippen molar-refractivity contribution in [2.24, 2.45) is 5.92 Å². The number of fused-ring (bicyclic) bond motifs is 1. The van der Waals surface area contributed by atoms with Crippen molar-refractivity contribution in [2.75, 3.05) is 7.05 Å². The number of benzene rings is 1. The molecule has 2 unspecified atom stereocenters. The Hall–Kier alpha value is -1.85. The van der Waals surface area contributed by atoms with Crippen molar-refractivity contribution >= 4 is 34.3 Å². The van der Waals surface area contributed by atoms with Crippen LogP contribution in [-0.4, -0.2) is 29.4 Å². The van der Waals surface area contributed by atoms with Crippen LogP contribution >= 0.6 is 11.6 Å². The zero-order valence-corrected chi connectivity index (χ0v) is 11.4. The van der Waals surface area contributed by atoms with Gasteiger partial charge in [-0.1, -0.05) is 11.6 Å². The number of carboxylic acid groups (broad SMARTS) is 1. The minimum Gasteiger partial charge on any atom is -0.480 e. The first-order valence-corrected chi connectivity index (χ1v) is 6.50. The minimum atomic E-state index is -1.14. The summed E-state index contributed by atoms with van der Waals surface area (Å²) in [6, 6.07) is 4.91. The van der Waals surface area contributed by atoms with Crippen molar-refractivity contribution in [1.29, 1.82) is 0 Å². The SMILES string of the molecule is CNC1(C(=O)O)CC1C(=O)c1cc(Cl)c2occc2c1. The molecule has 5 nitrogen and oxygen atoms in total. The van der Waals surface area contributed by atoms with Crippen LogP contribution in [-0.2, 0) is 4.79 Å². The predicted octanol–water partition coefficient (Wildman–Crippen LogP) is 2.33. The Labute approximate surface area is 119 Å². The molecule has 0 amide bonds. The topological polar surface area (TPSA) is 79.5 Å². The molecule has 0 radical (unpaired) electrons. The van der Waals surface area contributed by atoms with Gasteiger partial charge in [-0.25, -0.2) is 0 Å². The number of rotatable bonds is 4. The Morgan fingerprint density at radius 3 is 2.85 bits per heavy atom. The fraction of sp³-hybridized carbons (Fsp3) is 0.286. The molecule has 1 saturated carbocycles. The van der Waals surface area contributed by atoms with Gasteiger partial charge in [0.25, 0.3) is 0 Å². The van der Waals surface area contributed by atoms with Gasteiger partial charge in [0.2, 0.25) is 0 Å². The molecule has 0 bridgehead atoms. The summed E-state index contributed by atoms with van der Waals surface area (Å²) in [4.78, 5) is 23.7. The van der Waals surface area contributed by atoms with Crippen molar-refractivity contribution in [1.82, 2.24) is 5.32 Å². The van der Waals surface area contributed by atoms with E-state index in [0.29, 0.717) is 22.6 Å². The smallest absolute Gasteiger partial charge is 0.324 e. The second-order valence-electron chi connectivity index (χ2n) is 4.94. The number of ketones is 1. The highest BCUT2D eigenvalue weighted by Crippen LogP contribution is 2.46. The Balaban J connectivity index is 1.96. The van der Waals surface area contributed by atoms with E-state index in [1.54, 1.807) is 19.2 Å². The van der Waals surface area contributed by atoms with Gasteiger partial charge in [-0.15, -0.1) is 0 Å². The van der Waals surface area contributed by atoms with E-state index in [1.165, 1.54) is 12.3 Å². The summed E-state index contributed by atoms with van der Waals surface area (Å²) in [5.41, 5.74) is -0.209. The molecule has 2 N–H and O–H groups in total.